The van der Waals surface area contributed by atoms with Crippen molar-refractivity contribution in [3.63, 3.8) is 0 Å². The minimum atomic E-state index is -1.02. The number of nitrogens with zero attached hydrogens (tertiary/aromatic N) is 2. The Labute approximate surface area is 230 Å². The number of hydrogen-bond donors (Lipinski definition) is 1. The molecule has 1 saturated heterocycles. The number of non-ortho nitro benzene ring substituents is 1. The van der Waals surface area contributed by atoms with E-state index in [4.69, 9.17) is 21.1 Å². The Kier molecular flexibility index (Phi) is 8.08. The zero-order valence-electron chi connectivity index (χ0n) is 19.8. The van der Waals surface area contributed by atoms with Crippen LogP contribution in [0.1, 0.15) is 18.1 Å². The molecular weight excluding hydrogens is 582 g/mol. The molecule has 12 heteroatoms. The molecule has 0 aliphatic carbocycles. The van der Waals surface area contributed by atoms with Crippen LogP contribution in [-0.4, -0.2) is 29.4 Å². The summed E-state index contributed by atoms with van der Waals surface area (Å²) >= 11 is 9.50. The van der Waals surface area contributed by atoms with Crippen LogP contribution in [-0.2, 0) is 16.2 Å². The molecule has 194 valence electrons. The zero-order chi connectivity index (χ0) is 27.4. The van der Waals surface area contributed by atoms with Crippen LogP contribution in [0.3, 0.4) is 0 Å². The van der Waals surface area contributed by atoms with Gasteiger partial charge in [0.05, 0.1) is 21.7 Å². The topological polar surface area (TPSA) is 128 Å². The van der Waals surface area contributed by atoms with Gasteiger partial charge in [-0.1, -0.05) is 29.8 Å². The lowest BCUT2D eigenvalue weighted by atomic mass is 10.1. The number of nitro benzene ring substituents is 1. The predicted octanol–water partition coefficient (Wildman–Crippen LogP) is 5.65. The number of ether oxygens (including phenoxy) is 2. The van der Waals surface area contributed by atoms with Crippen molar-refractivity contribution < 1.29 is 28.8 Å². The van der Waals surface area contributed by atoms with E-state index >= 15 is 0 Å². The largest absolute Gasteiger partial charge is 0.490 e. The van der Waals surface area contributed by atoms with Crippen LogP contribution in [0, 0.1) is 10.1 Å². The smallest absolute Gasteiger partial charge is 0.335 e. The van der Waals surface area contributed by atoms with Crippen LogP contribution in [0.25, 0.3) is 6.08 Å². The highest BCUT2D eigenvalue weighted by atomic mass is 79.9. The van der Waals surface area contributed by atoms with Crippen molar-refractivity contribution in [1.82, 2.24) is 5.32 Å². The fourth-order valence-corrected chi connectivity index (χ4v) is 4.45. The average Bonchev–Trinajstić information content (AvgIpc) is 2.86. The van der Waals surface area contributed by atoms with Crippen LogP contribution < -0.4 is 19.7 Å². The second-order valence-corrected chi connectivity index (χ2v) is 9.21. The third kappa shape index (κ3) is 5.84. The average molecular weight is 601 g/mol. The molecule has 3 aromatic carbocycles. The van der Waals surface area contributed by atoms with E-state index in [0.717, 1.165) is 11.6 Å². The van der Waals surface area contributed by atoms with Gasteiger partial charge in [0.15, 0.2) is 11.5 Å². The Morgan fingerprint density at radius 1 is 1.08 bits per heavy atom. The highest BCUT2D eigenvalue weighted by Gasteiger charge is 2.37. The Morgan fingerprint density at radius 2 is 1.84 bits per heavy atom. The van der Waals surface area contributed by atoms with Gasteiger partial charge in [0.25, 0.3) is 17.5 Å². The Morgan fingerprint density at radius 3 is 2.55 bits per heavy atom. The minimum Gasteiger partial charge on any atom is -0.490 e. The monoisotopic (exact) mass is 599 g/mol. The van der Waals surface area contributed by atoms with Crippen molar-refractivity contribution in [1.29, 1.82) is 0 Å². The molecular formula is C26H19BrClN3O7. The van der Waals surface area contributed by atoms with Crippen LogP contribution in [0.4, 0.5) is 16.2 Å². The van der Waals surface area contributed by atoms with E-state index in [1.54, 1.807) is 31.2 Å². The van der Waals surface area contributed by atoms with Crippen LogP contribution in [0.15, 0.2) is 70.7 Å². The molecule has 1 fully saturated rings. The molecule has 0 aromatic heterocycles. The highest BCUT2D eigenvalue weighted by Crippen LogP contribution is 2.38. The zero-order valence-corrected chi connectivity index (χ0v) is 22.1. The Balaban J connectivity index is 1.67. The molecule has 0 bridgehead atoms. The van der Waals surface area contributed by atoms with E-state index in [1.165, 1.54) is 24.3 Å². The number of nitro groups is 1. The molecule has 1 heterocycles. The molecule has 1 N–H and O–H groups in total. The molecule has 0 unspecified atom stereocenters. The first-order valence-corrected chi connectivity index (χ1v) is 12.3. The number of halogens is 2. The first-order chi connectivity index (χ1) is 18.2. The predicted molar refractivity (Wildman–Crippen MR) is 143 cm³/mol. The number of anilines is 1. The number of rotatable bonds is 8. The number of nitrogens with one attached hydrogen (secondary N) is 1. The van der Waals surface area contributed by atoms with Gasteiger partial charge in [-0.15, -0.1) is 0 Å². The molecule has 3 aromatic rings. The third-order valence-electron chi connectivity index (χ3n) is 5.32. The first kappa shape index (κ1) is 26.8. The summed E-state index contributed by atoms with van der Waals surface area (Å²) in [4.78, 5) is 49.4. The third-order valence-corrected chi connectivity index (χ3v) is 6.14. The van der Waals surface area contributed by atoms with E-state index in [-0.39, 0.29) is 23.6 Å². The summed E-state index contributed by atoms with van der Waals surface area (Å²) in [5.41, 5.74) is 0.527. The van der Waals surface area contributed by atoms with Gasteiger partial charge in [-0.3, -0.25) is 25.0 Å². The number of carbonyl (C=O) groups is 3. The van der Waals surface area contributed by atoms with E-state index in [0.29, 0.717) is 38.1 Å². The van der Waals surface area contributed by atoms with E-state index in [1.807, 2.05) is 12.1 Å². The van der Waals surface area contributed by atoms with Crippen molar-refractivity contribution >= 4 is 62.8 Å². The van der Waals surface area contributed by atoms with Gasteiger partial charge < -0.3 is 9.47 Å². The maximum atomic E-state index is 13.2. The molecule has 0 atom stereocenters. The summed E-state index contributed by atoms with van der Waals surface area (Å²) in [6.07, 6.45) is 1.29. The summed E-state index contributed by atoms with van der Waals surface area (Å²) in [7, 11) is 0. The molecule has 4 rings (SSSR count). The van der Waals surface area contributed by atoms with Gasteiger partial charge in [-0.2, -0.15) is 0 Å². The summed E-state index contributed by atoms with van der Waals surface area (Å²) in [5, 5.41) is 13.8. The Hall–Kier alpha value is -4.22. The SMILES string of the molecule is CCOc1cc(/C=C2\C(=O)NC(=O)N(c3cccc([N+](=O)[O-])c3)C2=O)cc(Br)c1OCc1cccc(Cl)c1. The number of amides is 4. The Bertz CT molecular complexity index is 1490. The van der Waals surface area contributed by atoms with E-state index < -0.39 is 22.8 Å². The second kappa shape index (κ2) is 11.4. The summed E-state index contributed by atoms with van der Waals surface area (Å²) in [6, 6.07) is 14.4. The summed E-state index contributed by atoms with van der Waals surface area (Å²) < 4.78 is 12.2. The van der Waals surface area contributed by atoms with Crippen LogP contribution in [0.2, 0.25) is 5.02 Å². The number of carbonyl (C=O) groups excluding carboxylic acids is 3. The maximum absolute atomic E-state index is 13.2. The molecule has 0 radical (unpaired) electrons. The normalized spacial score (nSPS) is 14.4. The molecule has 0 spiro atoms. The lowest BCUT2D eigenvalue weighted by Gasteiger charge is -2.26. The number of barbiturate groups is 1. The summed E-state index contributed by atoms with van der Waals surface area (Å²) in [6.45, 7) is 2.32. The quantitative estimate of drug-likeness (QED) is 0.153. The molecule has 1 aliphatic rings. The van der Waals surface area contributed by atoms with Crippen molar-refractivity contribution in [2.24, 2.45) is 0 Å². The van der Waals surface area contributed by atoms with Gasteiger partial charge in [0.2, 0.25) is 0 Å². The second-order valence-electron chi connectivity index (χ2n) is 7.92. The van der Waals surface area contributed by atoms with E-state index in [2.05, 4.69) is 21.2 Å². The van der Waals surface area contributed by atoms with Crippen molar-refractivity contribution in [3.8, 4) is 11.5 Å². The number of urea groups is 1. The van der Waals surface area contributed by atoms with Gasteiger partial charge in [0, 0.05) is 17.2 Å². The van der Waals surface area contributed by atoms with Crippen molar-refractivity contribution in [3.05, 3.63) is 97.0 Å². The van der Waals surface area contributed by atoms with Gasteiger partial charge in [-0.25, -0.2) is 9.69 Å². The van der Waals surface area contributed by atoms with Crippen molar-refractivity contribution in [2.45, 2.75) is 13.5 Å². The molecule has 38 heavy (non-hydrogen) atoms. The first-order valence-electron chi connectivity index (χ1n) is 11.2. The maximum Gasteiger partial charge on any atom is 0.335 e. The minimum absolute atomic E-state index is 0.0546. The lowest BCUT2D eigenvalue weighted by molar-refractivity contribution is -0.384. The number of hydrogen-bond acceptors (Lipinski definition) is 7. The summed E-state index contributed by atoms with van der Waals surface area (Å²) in [5.74, 6) is -1.08. The molecule has 4 amide bonds. The van der Waals surface area contributed by atoms with Gasteiger partial charge >= 0.3 is 6.03 Å². The fourth-order valence-electron chi connectivity index (χ4n) is 3.66. The highest BCUT2D eigenvalue weighted by molar-refractivity contribution is 9.10. The lowest BCUT2D eigenvalue weighted by Crippen LogP contribution is -2.54. The molecule has 0 saturated carbocycles. The van der Waals surface area contributed by atoms with Gasteiger partial charge in [0.1, 0.15) is 12.2 Å². The van der Waals surface area contributed by atoms with Crippen LogP contribution >= 0.6 is 27.5 Å². The fraction of sp³-hybridized carbons (Fsp3) is 0.115. The number of imide groups is 2. The molecule has 1 aliphatic heterocycles. The van der Waals surface area contributed by atoms with E-state index in [9.17, 15) is 24.5 Å². The molecule has 10 nitrogen and oxygen atoms in total. The number of benzene rings is 3. The van der Waals surface area contributed by atoms with Gasteiger partial charge in [-0.05, 0) is 70.4 Å². The van der Waals surface area contributed by atoms with Crippen LogP contribution in [0.5, 0.6) is 11.5 Å². The van der Waals surface area contributed by atoms with Crippen molar-refractivity contribution in [2.75, 3.05) is 11.5 Å². The standard InChI is InChI=1S/C26H19BrClN3O7/c1-2-37-22-12-16(11-21(27)23(22)38-14-15-5-3-6-17(28)9-15)10-20-24(32)29-26(34)30(25(20)33)18-7-4-8-19(13-18)31(35)36/h3-13H,2,14H2,1H3,(H,29,32,34)/b20-10+.